The number of aromatic nitrogens is 2. The molecule has 34 heavy (non-hydrogen) atoms. The Morgan fingerprint density at radius 3 is 2.56 bits per heavy atom. The van der Waals surface area contributed by atoms with E-state index in [0.717, 1.165) is 60.4 Å². The van der Waals surface area contributed by atoms with Gasteiger partial charge in [0.15, 0.2) is 0 Å². The zero-order chi connectivity index (χ0) is 23.8. The third-order valence-electron chi connectivity index (χ3n) is 5.97. The molecule has 2 aromatic carbocycles. The SMILES string of the molecule is CCCSc1ccc(-c2nn(-c3ccccc3)cc2/C=C(/C#N)C(=O)NC2CCCCC2)cc1. The Labute approximate surface area is 205 Å². The van der Waals surface area contributed by atoms with Crippen LogP contribution in [-0.2, 0) is 4.79 Å². The van der Waals surface area contributed by atoms with Crippen LogP contribution in [0.2, 0.25) is 0 Å². The van der Waals surface area contributed by atoms with Crippen LogP contribution >= 0.6 is 11.8 Å². The summed E-state index contributed by atoms with van der Waals surface area (Å²) >= 11 is 1.83. The van der Waals surface area contributed by atoms with E-state index in [4.69, 9.17) is 5.10 Å². The van der Waals surface area contributed by atoms with Gasteiger partial charge in [-0.05, 0) is 55.4 Å². The van der Waals surface area contributed by atoms with Crippen LogP contribution in [0.15, 0.2) is 71.3 Å². The van der Waals surface area contributed by atoms with Crippen molar-refractivity contribution < 1.29 is 4.79 Å². The van der Waals surface area contributed by atoms with Gasteiger partial charge in [0.1, 0.15) is 11.6 Å². The van der Waals surface area contributed by atoms with Crippen LogP contribution < -0.4 is 5.32 Å². The number of amides is 1. The van der Waals surface area contributed by atoms with E-state index in [2.05, 4.69) is 42.6 Å². The predicted molar refractivity (Wildman–Crippen MR) is 139 cm³/mol. The van der Waals surface area contributed by atoms with Crippen molar-refractivity contribution in [2.45, 2.75) is 56.4 Å². The second-order valence-corrected chi connectivity index (χ2v) is 9.73. The minimum atomic E-state index is -0.306. The fourth-order valence-corrected chi connectivity index (χ4v) is 4.94. The molecule has 1 heterocycles. The zero-order valence-electron chi connectivity index (χ0n) is 19.5. The van der Waals surface area contributed by atoms with Crippen LogP contribution in [0.3, 0.4) is 0 Å². The number of rotatable bonds is 8. The van der Waals surface area contributed by atoms with E-state index in [0.29, 0.717) is 0 Å². The molecule has 1 aromatic heterocycles. The molecule has 1 N–H and O–H groups in total. The van der Waals surface area contributed by atoms with E-state index in [1.54, 1.807) is 10.8 Å². The van der Waals surface area contributed by atoms with E-state index in [-0.39, 0.29) is 17.5 Å². The average Bonchev–Trinajstić information content (AvgIpc) is 3.31. The highest BCUT2D eigenvalue weighted by Crippen LogP contribution is 2.28. The molecular formula is C28H30N4OS. The largest absolute Gasteiger partial charge is 0.349 e. The summed E-state index contributed by atoms with van der Waals surface area (Å²) in [6.07, 6.45) is 10.1. The lowest BCUT2D eigenvalue weighted by atomic mass is 9.95. The van der Waals surface area contributed by atoms with Gasteiger partial charge in [0.2, 0.25) is 0 Å². The number of carbonyl (C=O) groups is 1. The Hall–Kier alpha value is -3.30. The van der Waals surface area contributed by atoms with Gasteiger partial charge in [-0.1, -0.05) is 56.5 Å². The summed E-state index contributed by atoms with van der Waals surface area (Å²) in [6.45, 7) is 2.17. The lowest BCUT2D eigenvalue weighted by Gasteiger charge is -2.22. The number of nitrogens with zero attached hydrogens (tertiary/aromatic N) is 3. The normalized spacial score (nSPS) is 14.5. The maximum Gasteiger partial charge on any atom is 0.262 e. The van der Waals surface area contributed by atoms with Gasteiger partial charge in [-0.3, -0.25) is 4.79 Å². The van der Waals surface area contributed by atoms with E-state index in [1.165, 1.54) is 11.3 Å². The molecule has 0 saturated heterocycles. The Morgan fingerprint density at radius 1 is 1.15 bits per heavy atom. The quantitative estimate of drug-likeness (QED) is 0.235. The Balaban J connectivity index is 1.67. The lowest BCUT2D eigenvalue weighted by molar-refractivity contribution is -0.117. The fourth-order valence-electron chi connectivity index (χ4n) is 4.17. The van der Waals surface area contributed by atoms with Gasteiger partial charge in [0.05, 0.1) is 11.4 Å². The molecule has 3 aromatic rings. The first-order valence-electron chi connectivity index (χ1n) is 12.0. The van der Waals surface area contributed by atoms with E-state index < -0.39 is 0 Å². The van der Waals surface area contributed by atoms with E-state index >= 15 is 0 Å². The van der Waals surface area contributed by atoms with Gasteiger partial charge in [-0.25, -0.2) is 4.68 Å². The Bertz CT molecular complexity index is 1170. The van der Waals surface area contributed by atoms with Crippen molar-refractivity contribution in [3.63, 3.8) is 0 Å². The molecule has 0 unspecified atom stereocenters. The molecule has 5 nitrogen and oxygen atoms in total. The second-order valence-electron chi connectivity index (χ2n) is 8.56. The van der Waals surface area contributed by atoms with E-state index in [9.17, 15) is 10.1 Å². The van der Waals surface area contributed by atoms with Crippen molar-refractivity contribution in [2.75, 3.05) is 5.75 Å². The fraction of sp³-hybridized carbons (Fsp3) is 0.321. The Kier molecular flexibility index (Phi) is 8.21. The standard InChI is InChI=1S/C28H30N4OS/c1-2-17-34-26-15-13-21(14-16-26)27-23(20-32(31-27)25-11-7-4-8-12-25)18-22(19-29)28(33)30-24-9-5-3-6-10-24/h4,7-8,11-16,18,20,24H,2-3,5-6,9-10,17H2,1H3,(H,30,33)/b22-18-. The summed E-state index contributed by atoms with van der Waals surface area (Å²) in [7, 11) is 0. The summed E-state index contributed by atoms with van der Waals surface area (Å²) in [5.41, 5.74) is 3.47. The topological polar surface area (TPSA) is 70.7 Å². The van der Waals surface area contributed by atoms with Gasteiger partial charge in [-0.2, -0.15) is 10.4 Å². The van der Waals surface area contributed by atoms with Crippen molar-refractivity contribution in [3.8, 4) is 23.0 Å². The summed E-state index contributed by atoms with van der Waals surface area (Å²) < 4.78 is 1.80. The summed E-state index contributed by atoms with van der Waals surface area (Å²) in [5.74, 6) is 0.775. The maximum atomic E-state index is 12.9. The number of benzene rings is 2. The first-order chi connectivity index (χ1) is 16.7. The van der Waals surface area contributed by atoms with Gasteiger partial charge in [-0.15, -0.1) is 11.8 Å². The van der Waals surface area contributed by atoms with Crippen molar-refractivity contribution in [1.82, 2.24) is 15.1 Å². The molecule has 0 atom stereocenters. The van der Waals surface area contributed by atoms with Gasteiger partial charge in [0.25, 0.3) is 5.91 Å². The lowest BCUT2D eigenvalue weighted by Crippen LogP contribution is -2.36. The predicted octanol–water partition coefficient (Wildman–Crippen LogP) is 6.40. The number of hydrogen-bond donors (Lipinski definition) is 1. The molecule has 1 fully saturated rings. The molecule has 1 amide bonds. The van der Waals surface area contributed by atoms with Gasteiger partial charge < -0.3 is 5.32 Å². The molecule has 0 aliphatic heterocycles. The molecule has 0 radical (unpaired) electrons. The smallest absolute Gasteiger partial charge is 0.262 e. The molecule has 0 spiro atoms. The first-order valence-corrected chi connectivity index (χ1v) is 13.0. The number of nitrogens with one attached hydrogen (secondary N) is 1. The highest BCUT2D eigenvalue weighted by Gasteiger charge is 2.19. The number of nitriles is 1. The molecule has 1 aliphatic carbocycles. The number of para-hydroxylation sites is 1. The highest BCUT2D eigenvalue weighted by atomic mass is 32.2. The molecule has 1 saturated carbocycles. The number of hydrogen-bond acceptors (Lipinski definition) is 4. The zero-order valence-corrected chi connectivity index (χ0v) is 20.4. The minimum absolute atomic E-state index is 0.106. The van der Waals surface area contributed by atoms with Crippen LogP contribution in [0.5, 0.6) is 0 Å². The summed E-state index contributed by atoms with van der Waals surface area (Å²) in [5, 5.41) is 17.7. The molecule has 6 heteroatoms. The van der Waals surface area contributed by atoms with Crippen molar-refractivity contribution in [2.24, 2.45) is 0 Å². The minimum Gasteiger partial charge on any atom is -0.349 e. The molecule has 174 valence electrons. The van der Waals surface area contributed by atoms with Crippen LogP contribution in [0.25, 0.3) is 23.0 Å². The third kappa shape index (κ3) is 5.98. The van der Waals surface area contributed by atoms with Crippen LogP contribution in [0.4, 0.5) is 0 Å². The number of carbonyl (C=O) groups excluding carboxylic acids is 1. The van der Waals surface area contributed by atoms with E-state index in [1.807, 2.05) is 48.3 Å². The Morgan fingerprint density at radius 2 is 1.88 bits per heavy atom. The molecule has 1 aliphatic rings. The molecule has 0 bridgehead atoms. The average molecular weight is 471 g/mol. The molecular weight excluding hydrogens is 440 g/mol. The monoisotopic (exact) mass is 470 g/mol. The van der Waals surface area contributed by atoms with Gasteiger partial charge in [0, 0.05) is 28.3 Å². The van der Waals surface area contributed by atoms with Crippen molar-refractivity contribution in [3.05, 3.63) is 71.9 Å². The third-order valence-corrected chi connectivity index (χ3v) is 7.19. The van der Waals surface area contributed by atoms with Crippen LogP contribution in [-0.4, -0.2) is 27.5 Å². The van der Waals surface area contributed by atoms with Crippen molar-refractivity contribution in [1.29, 1.82) is 5.26 Å². The van der Waals surface area contributed by atoms with Crippen molar-refractivity contribution >= 4 is 23.7 Å². The second kappa shape index (κ2) is 11.7. The number of thioether (sulfide) groups is 1. The molecule has 4 rings (SSSR count). The first kappa shape index (κ1) is 23.8. The highest BCUT2D eigenvalue weighted by molar-refractivity contribution is 7.99. The maximum absolute atomic E-state index is 12.9. The summed E-state index contributed by atoms with van der Waals surface area (Å²) in [4.78, 5) is 14.1. The van der Waals surface area contributed by atoms with Crippen LogP contribution in [0, 0.1) is 11.3 Å². The summed E-state index contributed by atoms with van der Waals surface area (Å²) in [6, 6.07) is 20.4. The van der Waals surface area contributed by atoms with Gasteiger partial charge >= 0.3 is 0 Å². The van der Waals surface area contributed by atoms with Crippen LogP contribution in [0.1, 0.15) is 51.0 Å².